The second-order valence-corrected chi connectivity index (χ2v) is 8.00. The fourth-order valence-electron chi connectivity index (χ4n) is 3.90. The lowest BCUT2D eigenvalue weighted by Crippen LogP contribution is -2.47. The van der Waals surface area contributed by atoms with Crippen LogP contribution in [0.4, 0.5) is 11.6 Å². The molecule has 1 aliphatic heterocycles. The number of rotatable bonds is 7. The van der Waals surface area contributed by atoms with Crippen LogP contribution in [0.5, 0.6) is 0 Å². The first kappa shape index (κ1) is 18.1. The summed E-state index contributed by atoms with van der Waals surface area (Å²) in [6.45, 7) is 6.60. The van der Waals surface area contributed by atoms with E-state index >= 15 is 0 Å². The lowest BCUT2D eigenvalue weighted by atomic mass is 10.1. The van der Waals surface area contributed by atoms with Crippen LogP contribution >= 0.6 is 0 Å². The largest absolute Gasteiger partial charge is 0.369 e. The first-order valence-electron chi connectivity index (χ1n) is 10.5. The van der Waals surface area contributed by atoms with Crippen molar-refractivity contribution in [3.8, 4) is 5.69 Å². The molecule has 7 heteroatoms. The summed E-state index contributed by atoms with van der Waals surface area (Å²) < 4.78 is 1.72. The summed E-state index contributed by atoms with van der Waals surface area (Å²) in [6.07, 6.45) is 2.88. The summed E-state index contributed by atoms with van der Waals surface area (Å²) in [5.41, 5.74) is 3.47. The molecule has 0 radical (unpaired) electrons. The van der Waals surface area contributed by atoms with E-state index in [1.54, 1.807) is 4.68 Å². The van der Waals surface area contributed by atoms with Crippen molar-refractivity contribution in [3.63, 3.8) is 0 Å². The van der Waals surface area contributed by atoms with Crippen molar-refractivity contribution >= 4 is 11.6 Å². The third-order valence-electron chi connectivity index (χ3n) is 5.81. The molecule has 0 unspecified atom stereocenters. The fraction of sp³-hybridized carbons (Fsp3) is 0.409. The highest BCUT2D eigenvalue weighted by molar-refractivity contribution is 5.48. The van der Waals surface area contributed by atoms with Gasteiger partial charge in [-0.3, -0.25) is 4.90 Å². The summed E-state index contributed by atoms with van der Waals surface area (Å²) in [5, 5.41) is 15.3. The molecule has 2 aliphatic rings. The molecular weight excluding hydrogens is 362 g/mol. The van der Waals surface area contributed by atoms with Crippen molar-refractivity contribution in [2.75, 3.05) is 42.9 Å². The van der Waals surface area contributed by atoms with Gasteiger partial charge in [0.2, 0.25) is 5.95 Å². The standard InChI is InChI=1S/C22H27N7/c1-2-4-21(5-3-1)29-22(24-25-26-29)23-16-18-8-10-20(11-9-18)28-14-12-27(13-15-28)17-19-6-7-19/h1-5,8-11,19H,6-7,12-17H2,(H,23,24,26). The van der Waals surface area contributed by atoms with Gasteiger partial charge in [-0.05, 0) is 59.0 Å². The molecule has 2 aromatic carbocycles. The van der Waals surface area contributed by atoms with Crippen molar-refractivity contribution in [3.05, 3.63) is 60.2 Å². The zero-order valence-electron chi connectivity index (χ0n) is 16.6. The van der Waals surface area contributed by atoms with E-state index in [0.717, 1.165) is 24.7 Å². The Morgan fingerprint density at radius 2 is 1.62 bits per heavy atom. The molecule has 0 bridgehead atoms. The maximum atomic E-state index is 4.11. The number of nitrogens with one attached hydrogen (secondary N) is 1. The van der Waals surface area contributed by atoms with Crippen molar-refractivity contribution in [1.29, 1.82) is 0 Å². The molecular formula is C22H27N7. The minimum atomic E-state index is 0.645. The van der Waals surface area contributed by atoms with Crippen LogP contribution in [-0.4, -0.2) is 57.8 Å². The molecule has 1 saturated carbocycles. The zero-order valence-corrected chi connectivity index (χ0v) is 16.6. The highest BCUT2D eigenvalue weighted by atomic mass is 15.6. The highest BCUT2D eigenvalue weighted by Crippen LogP contribution is 2.30. The third-order valence-corrected chi connectivity index (χ3v) is 5.81. The second kappa shape index (κ2) is 8.21. The number of hydrogen-bond acceptors (Lipinski definition) is 6. The number of benzene rings is 2. The van der Waals surface area contributed by atoms with E-state index in [9.17, 15) is 0 Å². The number of tetrazole rings is 1. The monoisotopic (exact) mass is 389 g/mol. The Bertz CT molecular complexity index is 910. The van der Waals surface area contributed by atoms with Crippen LogP contribution in [0.3, 0.4) is 0 Å². The molecule has 0 amide bonds. The third kappa shape index (κ3) is 4.40. The van der Waals surface area contributed by atoms with Gasteiger partial charge in [-0.2, -0.15) is 4.68 Å². The minimum absolute atomic E-state index is 0.645. The number of para-hydroxylation sites is 1. The molecule has 150 valence electrons. The van der Waals surface area contributed by atoms with E-state index in [0.29, 0.717) is 12.5 Å². The van der Waals surface area contributed by atoms with Gasteiger partial charge < -0.3 is 10.2 Å². The number of nitrogens with zero attached hydrogens (tertiary/aromatic N) is 6. The van der Waals surface area contributed by atoms with Gasteiger partial charge in [0.1, 0.15) is 0 Å². The Balaban J connectivity index is 1.16. The first-order valence-corrected chi connectivity index (χ1v) is 10.5. The van der Waals surface area contributed by atoms with Gasteiger partial charge in [-0.15, -0.1) is 0 Å². The summed E-state index contributed by atoms with van der Waals surface area (Å²) >= 11 is 0. The summed E-state index contributed by atoms with van der Waals surface area (Å²) in [6, 6.07) is 18.8. The summed E-state index contributed by atoms with van der Waals surface area (Å²) in [5.74, 6) is 1.63. The average molecular weight is 390 g/mol. The molecule has 1 N–H and O–H groups in total. The number of piperazine rings is 1. The van der Waals surface area contributed by atoms with Crippen molar-refractivity contribution in [1.82, 2.24) is 25.1 Å². The van der Waals surface area contributed by atoms with Crippen LogP contribution < -0.4 is 10.2 Å². The summed E-state index contributed by atoms with van der Waals surface area (Å²) in [4.78, 5) is 5.12. The van der Waals surface area contributed by atoms with Crippen LogP contribution in [0.1, 0.15) is 18.4 Å². The molecule has 5 rings (SSSR count). The van der Waals surface area contributed by atoms with E-state index in [1.165, 1.54) is 43.7 Å². The molecule has 29 heavy (non-hydrogen) atoms. The van der Waals surface area contributed by atoms with E-state index in [1.807, 2.05) is 30.3 Å². The van der Waals surface area contributed by atoms with Crippen LogP contribution in [0, 0.1) is 5.92 Å². The fourth-order valence-corrected chi connectivity index (χ4v) is 3.90. The molecule has 1 aromatic heterocycles. The first-order chi connectivity index (χ1) is 14.3. The normalized spacial score (nSPS) is 17.4. The Kier molecular flexibility index (Phi) is 5.13. The van der Waals surface area contributed by atoms with E-state index in [4.69, 9.17) is 0 Å². The number of aromatic nitrogens is 4. The molecule has 2 heterocycles. The van der Waals surface area contributed by atoms with Gasteiger partial charge in [0, 0.05) is 45.0 Å². The predicted molar refractivity (Wildman–Crippen MR) is 114 cm³/mol. The minimum Gasteiger partial charge on any atom is -0.369 e. The maximum Gasteiger partial charge on any atom is 0.248 e. The number of anilines is 2. The predicted octanol–water partition coefficient (Wildman–Crippen LogP) is 2.81. The highest BCUT2D eigenvalue weighted by Gasteiger charge is 2.26. The van der Waals surface area contributed by atoms with Crippen LogP contribution in [-0.2, 0) is 6.54 Å². The Morgan fingerprint density at radius 3 is 2.34 bits per heavy atom. The number of hydrogen-bond donors (Lipinski definition) is 1. The molecule has 2 fully saturated rings. The van der Waals surface area contributed by atoms with Crippen molar-refractivity contribution in [2.24, 2.45) is 5.92 Å². The van der Waals surface area contributed by atoms with Crippen LogP contribution in [0.15, 0.2) is 54.6 Å². The van der Waals surface area contributed by atoms with Gasteiger partial charge in [0.15, 0.2) is 0 Å². The lowest BCUT2D eigenvalue weighted by molar-refractivity contribution is 0.248. The maximum absolute atomic E-state index is 4.11. The molecule has 7 nitrogen and oxygen atoms in total. The second-order valence-electron chi connectivity index (χ2n) is 8.00. The quantitative estimate of drug-likeness (QED) is 0.670. The van der Waals surface area contributed by atoms with E-state index < -0.39 is 0 Å². The molecule has 0 atom stereocenters. The Morgan fingerprint density at radius 1 is 0.862 bits per heavy atom. The topological polar surface area (TPSA) is 62.1 Å². The van der Waals surface area contributed by atoms with E-state index in [-0.39, 0.29) is 0 Å². The molecule has 1 saturated heterocycles. The van der Waals surface area contributed by atoms with Gasteiger partial charge in [0.05, 0.1) is 5.69 Å². The molecule has 1 aliphatic carbocycles. The smallest absolute Gasteiger partial charge is 0.248 e. The Hall–Kier alpha value is -2.93. The van der Waals surface area contributed by atoms with Gasteiger partial charge >= 0.3 is 0 Å². The van der Waals surface area contributed by atoms with Crippen LogP contribution in [0.25, 0.3) is 5.69 Å². The molecule has 3 aromatic rings. The van der Waals surface area contributed by atoms with E-state index in [2.05, 4.69) is 54.9 Å². The molecule has 0 spiro atoms. The van der Waals surface area contributed by atoms with Crippen molar-refractivity contribution < 1.29 is 0 Å². The SMILES string of the molecule is c1ccc(-n2nnnc2NCc2ccc(N3CCN(CC4CC4)CC3)cc2)cc1. The lowest BCUT2D eigenvalue weighted by Gasteiger charge is -2.36. The Labute approximate surface area is 171 Å². The van der Waals surface area contributed by atoms with Crippen LogP contribution in [0.2, 0.25) is 0 Å². The van der Waals surface area contributed by atoms with Gasteiger partial charge in [0.25, 0.3) is 0 Å². The summed E-state index contributed by atoms with van der Waals surface area (Å²) in [7, 11) is 0. The average Bonchev–Trinajstić information content (AvgIpc) is 3.47. The van der Waals surface area contributed by atoms with Gasteiger partial charge in [-0.1, -0.05) is 35.4 Å². The van der Waals surface area contributed by atoms with Crippen molar-refractivity contribution in [2.45, 2.75) is 19.4 Å². The zero-order chi connectivity index (χ0) is 19.5. The van der Waals surface area contributed by atoms with Gasteiger partial charge in [-0.25, -0.2) is 0 Å².